The largest absolute Gasteiger partial charge is 0.491 e. The van der Waals surface area contributed by atoms with E-state index in [4.69, 9.17) is 0 Å². The molecule has 2 unspecified atom stereocenters. The highest BCUT2D eigenvalue weighted by Gasteiger charge is 2.53. The zero-order valence-corrected chi connectivity index (χ0v) is 12.3. The Morgan fingerprint density at radius 3 is 2.10 bits per heavy atom. The molecule has 3 rings (SSSR count). The fourth-order valence-corrected chi connectivity index (χ4v) is 5.99. The maximum absolute atomic E-state index is 13.8. The third-order valence-electron chi connectivity index (χ3n) is 4.61. The number of hydrogen-bond donors (Lipinski definition) is 1. The summed E-state index contributed by atoms with van der Waals surface area (Å²) >= 11 is 0. The van der Waals surface area contributed by atoms with Crippen molar-refractivity contribution in [1.29, 1.82) is 0 Å². The molecule has 1 aromatic rings. The molecule has 1 N–H and O–H groups in total. The fourth-order valence-electron chi connectivity index (χ4n) is 3.50. The monoisotopic (exact) mass is 318 g/mol. The van der Waals surface area contributed by atoms with E-state index in [0.717, 1.165) is 19.2 Å². The van der Waals surface area contributed by atoms with Gasteiger partial charge in [-0.1, -0.05) is 0 Å². The predicted molar refractivity (Wildman–Crippen MR) is 71.8 cm³/mol. The maximum Gasteiger partial charge on any atom is 0.190 e. The minimum Gasteiger partial charge on any atom is -0.491 e. The van der Waals surface area contributed by atoms with Gasteiger partial charge in [-0.15, -0.1) is 0 Å². The second-order valence-electron chi connectivity index (χ2n) is 5.82. The Labute approximate surface area is 121 Å². The average molecular weight is 318 g/mol. The van der Waals surface area contributed by atoms with Gasteiger partial charge in [0, 0.05) is 0 Å². The minimum atomic E-state index is -3.21. The van der Waals surface area contributed by atoms with Gasteiger partial charge >= 0.3 is 0 Å². The summed E-state index contributed by atoms with van der Waals surface area (Å²) < 4.78 is 56.3. The van der Waals surface area contributed by atoms with Crippen LogP contribution in [0.3, 0.4) is 0 Å². The zero-order valence-electron chi connectivity index (χ0n) is 11.5. The van der Waals surface area contributed by atoms with Crippen molar-refractivity contribution in [2.24, 2.45) is 0 Å². The maximum atomic E-state index is 13.8. The van der Waals surface area contributed by atoms with Crippen molar-refractivity contribution in [2.45, 2.75) is 41.8 Å². The number of methoxy groups -OCH3 is 1. The number of rotatable bonds is 2. The van der Waals surface area contributed by atoms with Crippen molar-refractivity contribution in [2.75, 3.05) is 7.11 Å². The predicted octanol–water partition coefficient (Wildman–Crippen LogP) is 1.90. The van der Waals surface area contributed by atoms with Gasteiger partial charge in [-0.3, -0.25) is 0 Å². The van der Waals surface area contributed by atoms with Crippen LogP contribution in [0.5, 0.6) is 5.75 Å². The van der Waals surface area contributed by atoms with Gasteiger partial charge in [0.1, 0.15) is 0 Å². The third kappa shape index (κ3) is 2.14. The van der Waals surface area contributed by atoms with E-state index in [1.54, 1.807) is 0 Å². The van der Waals surface area contributed by atoms with Gasteiger partial charge in [-0.2, -0.15) is 0 Å². The molecular weight excluding hydrogens is 302 g/mol. The van der Waals surface area contributed by atoms with Crippen LogP contribution in [0.2, 0.25) is 0 Å². The molecule has 2 atom stereocenters. The standard InChI is InChI=1S/C14H16F2O4S/c1-20-13-11(15)4-8(5-12(13)16)14(17)6-9-2-3-10(7-14)21(9,18)19/h4-5,9-10,17H,2-3,6-7H2,1H3. The highest BCUT2D eigenvalue weighted by atomic mass is 32.2. The zero-order chi connectivity index (χ0) is 15.4. The molecule has 0 radical (unpaired) electrons. The van der Waals surface area contributed by atoms with E-state index in [1.807, 2.05) is 0 Å². The summed E-state index contributed by atoms with van der Waals surface area (Å²) in [7, 11) is -2.06. The number of aliphatic hydroxyl groups is 1. The Morgan fingerprint density at radius 1 is 1.19 bits per heavy atom. The molecule has 0 saturated carbocycles. The second kappa shape index (κ2) is 4.64. The molecule has 0 aromatic heterocycles. The molecule has 21 heavy (non-hydrogen) atoms. The van der Waals surface area contributed by atoms with Crippen molar-refractivity contribution < 1.29 is 27.0 Å². The van der Waals surface area contributed by atoms with E-state index >= 15 is 0 Å². The Hall–Kier alpha value is -1.21. The van der Waals surface area contributed by atoms with Crippen molar-refractivity contribution in [3.8, 4) is 5.75 Å². The molecule has 2 saturated heterocycles. The molecule has 2 heterocycles. The number of halogens is 2. The third-order valence-corrected chi connectivity index (χ3v) is 7.27. The number of ether oxygens (including phenoxy) is 1. The van der Waals surface area contributed by atoms with Gasteiger partial charge in [0.25, 0.3) is 0 Å². The Bertz CT molecular complexity index is 643. The fraction of sp³-hybridized carbons (Fsp3) is 0.571. The summed E-state index contributed by atoms with van der Waals surface area (Å²) in [5.41, 5.74) is -1.43. The summed E-state index contributed by atoms with van der Waals surface area (Å²) in [6.45, 7) is 0. The lowest BCUT2D eigenvalue weighted by Crippen LogP contribution is -2.43. The summed E-state index contributed by atoms with van der Waals surface area (Å²) in [4.78, 5) is 0. The van der Waals surface area contributed by atoms with Crippen LogP contribution in [0, 0.1) is 11.6 Å². The van der Waals surface area contributed by atoms with Crippen LogP contribution in [0.1, 0.15) is 31.2 Å². The lowest BCUT2D eigenvalue weighted by Gasteiger charge is -2.36. The van der Waals surface area contributed by atoms with E-state index in [9.17, 15) is 22.3 Å². The van der Waals surface area contributed by atoms with Crippen molar-refractivity contribution >= 4 is 9.84 Å². The van der Waals surface area contributed by atoms with Gasteiger partial charge in [0.05, 0.1) is 23.2 Å². The lowest BCUT2D eigenvalue weighted by molar-refractivity contribution is 0.0166. The van der Waals surface area contributed by atoms with Crippen LogP contribution >= 0.6 is 0 Å². The molecule has 0 aliphatic carbocycles. The molecule has 116 valence electrons. The number of benzene rings is 1. The van der Waals surface area contributed by atoms with Gasteiger partial charge in [-0.05, 0) is 43.4 Å². The molecule has 0 amide bonds. The minimum absolute atomic E-state index is 0.0168. The lowest BCUT2D eigenvalue weighted by atomic mass is 9.85. The first-order chi connectivity index (χ1) is 9.78. The van der Waals surface area contributed by atoms with Gasteiger partial charge in [-0.25, -0.2) is 17.2 Å². The number of hydrogen-bond acceptors (Lipinski definition) is 4. The summed E-state index contributed by atoms with van der Waals surface area (Å²) in [5, 5.41) is 9.47. The molecule has 2 aliphatic heterocycles. The van der Waals surface area contributed by atoms with E-state index in [2.05, 4.69) is 4.74 Å². The molecule has 0 spiro atoms. The number of fused-ring (bicyclic) bond motifs is 2. The summed E-state index contributed by atoms with van der Waals surface area (Å²) in [5.74, 6) is -2.31. The highest BCUT2D eigenvalue weighted by molar-refractivity contribution is 7.93. The van der Waals surface area contributed by atoms with Gasteiger partial charge in [0.15, 0.2) is 27.2 Å². The van der Waals surface area contributed by atoms with Crippen molar-refractivity contribution in [3.05, 3.63) is 29.3 Å². The molecule has 7 heteroatoms. The quantitative estimate of drug-likeness (QED) is 0.904. The van der Waals surface area contributed by atoms with Crippen LogP contribution in [0.4, 0.5) is 8.78 Å². The van der Waals surface area contributed by atoms with Crippen LogP contribution in [-0.4, -0.2) is 31.1 Å². The molecule has 2 aliphatic rings. The van der Waals surface area contributed by atoms with Crippen molar-refractivity contribution in [1.82, 2.24) is 0 Å². The molecule has 1 aromatic carbocycles. The van der Waals surface area contributed by atoms with E-state index in [-0.39, 0.29) is 18.4 Å². The average Bonchev–Trinajstić information content (AvgIpc) is 2.59. The topological polar surface area (TPSA) is 63.6 Å². The summed E-state index contributed by atoms with van der Waals surface area (Å²) in [6, 6.07) is 2.05. The smallest absolute Gasteiger partial charge is 0.190 e. The van der Waals surface area contributed by atoms with Crippen LogP contribution < -0.4 is 4.74 Å². The normalized spacial score (nSPS) is 33.9. The first-order valence-electron chi connectivity index (χ1n) is 6.76. The Balaban J connectivity index is 2.02. The molecule has 2 bridgehead atoms. The second-order valence-corrected chi connectivity index (χ2v) is 8.33. The van der Waals surface area contributed by atoms with Crippen LogP contribution in [0.15, 0.2) is 12.1 Å². The van der Waals surface area contributed by atoms with Crippen LogP contribution in [-0.2, 0) is 15.4 Å². The van der Waals surface area contributed by atoms with Gasteiger partial charge < -0.3 is 9.84 Å². The molecular formula is C14H16F2O4S. The first-order valence-corrected chi connectivity index (χ1v) is 8.37. The van der Waals surface area contributed by atoms with Crippen LogP contribution in [0.25, 0.3) is 0 Å². The molecule has 2 fully saturated rings. The van der Waals surface area contributed by atoms with E-state index in [1.165, 1.54) is 0 Å². The Kier molecular flexibility index (Phi) is 3.25. The SMILES string of the molecule is COc1c(F)cc(C2(O)CC3CCC(C2)S3(=O)=O)cc1F. The number of sulfone groups is 1. The summed E-state index contributed by atoms with van der Waals surface area (Å²) in [6.07, 6.45) is 0.959. The molecule has 4 nitrogen and oxygen atoms in total. The Morgan fingerprint density at radius 2 is 1.67 bits per heavy atom. The first kappa shape index (κ1) is 14.7. The van der Waals surface area contributed by atoms with E-state index in [0.29, 0.717) is 12.8 Å². The van der Waals surface area contributed by atoms with Gasteiger partial charge in [0.2, 0.25) is 0 Å². The van der Waals surface area contributed by atoms with E-state index < -0.39 is 43.3 Å². The van der Waals surface area contributed by atoms with Crippen molar-refractivity contribution in [3.63, 3.8) is 0 Å². The highest BCUT2D eigenvalue weighted by Crippen LogP contribution is 2.48.